The maximum atomic E-state index is 12.2. The van der Waals surface area contributed by atoms with Gasteiger partial charge in [-0.25, -0.2) is 4.79 Å². The highest BCUT2D eigenvalue weighted by Gasteiger charge is 2.09. The normalized spacial score (nSPS) is 10.2. The number of ether oxygens (including phenoxy) is 1. The topological polar surface area (TPSA) is 70.7 Å². The van der Waals surface area contributed by atoms with Gasteiger partial charge in [0.1, 0.15) is 11.5 Å². The Bertz CT molecular complexity index is 978. The van der Waals surface area contributed by atoms with Gasteiger partial charge in [-0.3, -0.25) is 4.79 Å². The van der Waals surface area contributed by atoms with Gasteiger partial charge in [-0.15, -0.1) is 0 Å². The summed E-state index contributed by atoms with van der Waals surface area (Å²) in [5.41, 5.74) is 1.99. The lowest BCUT2D eigenvalue weighted by Gasteiger charge is -2.18. The first-order valence-electron chi connectivity index (χ1n) is 10.2. The SMILES string of the molecule is CN(Cc1ccccc1)C(=O)NCCC(=O)NCc1cccc(Oc2ccccc2)c1. The second-order valence-corrected chi connectivity index (χ2v) is 7.16. The summed E-state index contributed by atoms with van der Waals surface area (Å²) in [6, 6.07) is 26.7. The van der Waals surface area contributed by atoms with Gasteiger partial charge in [0.25, 0.3) is 0 Å². The van der Waals surface area contributed by atoms with Crippen LogP contribution < -0.4 is 15.4 Å². The first-order valence-corrected chi connectivity index (χ1v) is 10.2. The first-order chi connectivity index (χ1) is 15.1. The monoisotopic (exact) mass is 417 g/mol. The van der Waals surface area contributed by atoms with Crippen LogP contribution in [-0.2, 0) is 17.9 Å². The lowest BCUT2D eigenvalue weighted by atomic mass is 10.2. The number of hydrogen-bond donors (Lipinski definition) is 2. The molecule has 6 nitrogen and oxygen atoms in total. The number of urea groups is 1. The fraction of sp³-hybridized carbons (Fsp3) is 0.200. The molecule has 0 fully saturated rings. The standard InChI is InChI=1S/C25H27N3O3/c1-28(19-20-9-4-2-5-10-20)25(30)26-16-15-24(29)27-18-21-11-8-14-23(17-21)31-22-12-6-3-7-13-22/h2-14,17H,15-16,18-19H2,1H3,(H,26,30)(H,27,29). The molecule has 3 rings (SSSR count). The number of para-hydroxylation sites is 1. The van der Waals surface area contributed by atoms with Crippen molar-refractivity contribution in [3.8, 4) is 11.5 Å². The minimum Gasteiger partial charge on any atom is -0.457 e. The van der Waals surface area contributed by atoms with E-state index in [1.165, 1.54) is 0 Å². The summed E-state index contributed by atoms with van der Waals surface area (Å²) in [5.74, 6) is 1.35. The van der Waals surface area contributed by atoms with Crippen LogP contribution in [-0.4, -0.2) is 30.4 Å². The predicted octanol–water partition coefficient (Wildman–Crippen LogP) is 4.33. The smallest absolute Gasteiger partial charge is 0.317 e. The molecule has 0 spiro atoms. The van der Waals surface area contributed by atoms with Crippen molar-refractivity contribution in [2.45, 2.75) is 19.5 Å². The molecule has 0 atom stereocenters. The number of carbonyl (C=O) groups excluding carboxylic acids is 2. The minimum atomic E-state index is -0.206. The summed E-state index contributed by atoms with van der Waals surface area (Å²) in [6.07, 6.45) is 0.213. The Balaban J connectivity index is 1.37. The van der Waals surface area contributed by atoms with Gasteiger partial charge in [0, 0.05) is 33.1 Å². The van der Waals surface area contributed by atoms with E-state index in [9.17, 15) is 9.59 Å². The fourth-order valence-corrected chi connectivity index (χ4v) is 2.98. The summed E-state index contributed by atoms with van der Waals surface area (Å²) < 4.78 is 5.82. The molecule has 0 unspecified atom stereocenters. The molecule has 3 amide bonds. The number of amides is 3. The van der Waals surface area contributed by atoms with Crippen molar-refractivity contribution in [1.82, 2.24) is 15.5 Å². The van der Waals surface area contributed by atoms with E-state index < -0.39 is 0 Å². The van der Waals surface area contributed by atoms with Gasteiger partial charge in [0.05, 0.1) is 0 Å². The highest BCUT2D eigenvalue weighted by Crippen LogP contribution is 2.21. The van der Waals surface area contributed by atoms with Crippen molar-refractivity contribution in [1.29, 1.82) is 0 Å². The third-order valence-corrected chi connectivity index (χ3v) is 4.60. The van der Waals surface area contributed by atoms with Crippen LogP contribution in [0.1, 0.15) is 17.5 Å². The van der Waals surface area contributed by atoms with E-state index in [1.807, 2.05) is 84.9 Å². The van der Waals surface area contributed by atoms with Crippen LogP contribution in [0.5, 0.6) is 11.5 Å². The predicted molar refractivity (Wildman–Crippen MR) is 121 cm³/mol. The minimum absolute atomic E-state index is 0.125. The Kier molecular flexibility index (Phi) is 8.05. The number of rotatable bonds is 9. The molecule has 0 aromatic heterocycles. The molecule has 160 valence electrons. The zero-order valence-electron chi connectivity index (χ0n) is 17.6. The molecular formula is C25H27N3O3. The zero-order chi connectivity index (χ0) is 21.9. The summed E-state index contributed by atoms with van der Waals surface area (Å²) in [6.45, 7) is 1.19. The Labute approximate surface area is 182 Å². The number of benzene rings is 3. The van der Waals surface area contributed by atoms with E-state index in [4.69, 9.17) is 4.74 Å². The van der Waals surface area contributed by atoms with Gasteiger partial charge in [-0.1, -0.05) is 60.7 Å². The van der Waals surface area contributed by atoms with E-state index in [0.717, 1.165) is 16.9 Å². The number of nitrogens with zero attached hydrogens (tertiary/aromatic N) is 1. The van der Waals surface area contributed by atoms with Crippen LogP contribution in [0.3, 0.4) is 0 Å². The third-order valence-electron chi connectivity index (χ3n) is 4.60. The third kappa shape index (κ3) is 7.51. The highest BCUT2D eigenvalue weighted by molar-refractivity contribution is 5.78. The molecule has 0 saturated carbocycles. The van der Waals surface area contributed by atoms with Crippen LogP contribution in [0.2, 0.25) is 0 Å². The largest absolute Gasteiger partial charge is 0.457 e. The van der Waals surface area contributed by atoms with Gasteiger partial charge >= 0.3 is 6.03 Å². The molecule has 0 aliphatic rings. The van der Waals surface area contributed by atoms with E-state index >= 15 is 0 Å². The maximum absolute atomic E-state index is 12.2. The Morgan fingerprint density at radius 2 is 1.45 bits per heavy atom. The average molecular weight is 418 g/mol. The number of hydrogen-bond acceptors (Lipinski definition) is 3. The summed E-state index contributed by atoms with van der Waals surface area (Å²) in [7, 11) is 1.73. The summed E-state index contributed by atoms with van der Waals surface area (Å²) >= 11 is 0. The van der Waals surface area contributed by atoms with E-state index in [0.29, 0.717) is 18.8 Å². The van der Waals surface area contributed by atoms with Gasteiger partial charge < -0.3 is 20.3 Å². The lowest BCUT2D eigenvalue weighted by molar-refractivity contribution is -0.121. The number of nitrogens with one attached hydrogen (secondary N) is 2. The van der Waals surface area contributed by atoms with Crippen molar-refractivity contribution in [3.05, 3.63) is 96.1 Å². The molecule has 0 heterocycles. The Morgan fingerprint density at radius 1 is 0.806 bits per heavy atom. The van der Waals surface area contributed by atoms with Crippen molar-refractivity contribution < 1.29 is 14.3 Å². The van der Waals surface area contributed by atoms with E-state index in [1.54, 1.807) is 11.9 Å². The van der Waals surface area contributed by atoms with Crippen LogP contribution in [0.25, 0.3) is 0 Å². The quantitative estimate of drug-likeness (QED) is 0.545. The van der Waals surface area contributed by atoms with E-state index in [-0.39, 0.29) is 24.9 Å². The summed E-state index contributed by atoms with van der Waals surface area (Å²) in [4.78, 5) is 25.9. The van der Waals surface area contributed by atoms with Crippen molar-refractivity contribution >= 4 is 11.9 Å². The van der Waals surface area contributed by atoms with Gasteiger partial charge in [-0.05, 0) is 35.4 Å². The van der Waals surface area contributed by atoms with Crippen LogP contribution in [0.15, 0.2) is 84.9 Å². The molecular weight excluding hydrogens is 390 g/mol. The Morgan fingerprint density at radius 3 is 2.19 bits per heavy atom. The van der Waals surface area contributed by atoms with Gasteiger partial charge in [0.15, 0.2) is 0 Å². The first kappa shape index (κ1) is 21.9. The van der Waals surface area contributed by atoms with Crippen molar-refractivity contribution in [3.63, 3.8) is 0 Å². The molecule has 0 radical (unpaired) electrons. The van der Waals surface area contributed by atoms with Crippen LogP contribution in [0, 0.1) is 0 Å². The molecule has 0 bridgehead atoms. The molecule has 2 N–H and O–H groups in total. The van der Waals surface area contributed by atoms with Crippen molar-refractivity contribution in [2.75, 3.05) is 13.6 Å². The van der Waals surface area contributed by atoms with Gasteiger partial charge in [0.2, 0.25) is 5.91 Å². The molecule has 6 heteroatoms. The highest BCUT2D eigenvalue weighted by atomic mass is 16.5. The molecule has 3 aromatic rings. The van der Waals surface area contributed by atoms with E-state index in [2.05, 4.69) is 10.6 Å². The molecule has 0 aliphatic carbocycles. The second-order valence-electron chi connectivity index (χ2n) is 7.16. The fourth-order valence-electron chi connectivity index (χ4n) is 2.98. The second kappa shape index (κ2) is 11.4. The molecule has 0 saturated heterocycles. The maximum Gasteiger partial charge on any atom is 0.317 e. The average Bonchev–Trinajstić information content (AvgIpc) is 2.79. The molecule has 3 aromatic carbocycles. The zero-order valence-corrected chi connectivity index (χ0v) is 17.6. The molecule has 0 aliphatic heterocycles. The van der Waals surface area contributed by atoms with Crippen molar-refractivity contribution in [2.24, 2.45) is 0 Å². The lowest BCUT2D eigenvalue weighted by Crippen LogP contribution is -2.38. The summed E-state index contributed by atoms with van der Waals surface area (Å²) in [5, 5.41) is 5.65. The van der Waals surface area contributed by atoms with Crippen LogP contribution >= 0.6 is 0 Å². The number of carbonyl (C=O) groups is 2. The van der Waals surface area contributed by atoms with Crippen LogP contribution in [0.4, 0.5) is 4.79 Å². The van der Waals surface area contributed by atoms with Gasteiger partial charge in [-0.2, -0.15) is 0 Å². The molecule has 31 heavy (non-hydrogen) atoms. The Hall–Kier alpha value is -3.80.